The Morgan fingerprint density at radius 2 is 1.39 bits per heavy atom. The molecule has 3 atom stereocenters. The minimum atomic E-state index is -2.09. The lowest BCUT2D eigenvalue weighted by Crippen LogP contribution is -3.00. The van der Waals surface area contributed by atoms with E-state index in [1.165, 1.54) is 0 Å². The maximum absolute atomic E-state index is 13.4. The third-order valence-corrected chi connectivity index (χ3v) is 7.03. The second-order valence-corrected chi connectivity index (χ2v) is 9.13. The number of ether oxygens (including phenoxy) is 1. The van der Waals surface area contributed by atoms with E-state index in [9.17, 15) is 9.90 Å². The van der Waals surface area contributed by atoms with Gasteiger partial charge < -0.3 is 31.3 Å². The molecular formula is C24H28BrCl2NO3. The lowest BCUT2D eigenvalue weighted by atomic mass is 9.86. The van der Waals surface area contributed by atoms with Crippen molar-refractivity contribution < 1.29 is 36.1 Å². The highest BCUT2D eigenvalue weighted by atomic mass is 79.9. The van der Waals surface area contributed by atoms with Crippen LogP contribution in [0.1, 0.15) is 31.4 Å². The molecule has 1 saturated heterocycles. The van der Waals surface area contributed by atoms with E-state index in [-0.39, 0.29) is 51.7 Å². The third kappa shape index (κ3) is 4.44. The van der Waals surface area contributed by atoms with E-state index in [2.05, 4.69) is 26.2 Å². The molecule has 1 fully saturated rings. The fraction of sp³-hybridized carbons (Fsp3) is 0.375. The van der Waals surface area contributed by atoms with Crippen molar-refractivity contribution in [1.29, 1.82) is 0 Å². The molecule has 4 nitrogen and oxygen atoms in total. The summed E-state index contributed by atoms with van der Waals surface area (Å²) in [5.74, 6) is -0.754. The summed E-state index contributed by atoms with van der Waals surface area (Å²) in [6.45, 7) is 0. The number of rotatable bonds is 4. The van der Waals surface area contributed by atoms with E-state index in [0.717, 1.165) is 4.48 Å². The van der Waals surface area contributed by atoms with Gasteiger partial charge in [0.25, 0.3) is 0 Å². The molecule has 2 heterocycles. The molecule has 7 heteroatoms. The summed E-state index contributed by atoms with van der Waals surface area (Å²) >= 11 is 12.7. The molecule has 4 rings (SSSR count). The summed E-state index contributed by atoms with van der Waals surface area (Å²) in [4.78, 5) is 13.4. The molecule has 0 aromatic heterocycles. The molecule has 2 bridgehead atoms. The first-order valence-corrected chi connectivity index (χ1v) is 10.4. The predicted octanol–water partition coefficient (Wildman–Crippen LogP) is 1.96. The van der Waals surface area contributed by atoms with Crippen molar-refractivity contribution in [2.75, 3.05) is 14.1 Å². The quantitative estimate of drug-likeness (QED) is 0.375. The fourth-order valence-electron chi connectivity index (χ4n) is 4.49. The number of halogens is 3. The monoisotopic (exact) mass is 527 g/mol. The Morgan fingerprint density at radius 3 is 1.81 bits per heavy atom. The van der Waals surface area contributed by atoms with Gasteiger partial charge in [-0.05, 0) is 24.3 Å². The Hall–Kier alpha value is -1.37. The molecule has 0 saturated carbocycles. The van der Waals surface area contributed by atoms with Crippen LogP contribution in [0, 0.1) is 0 Å². The lowest BCUT2D eigenvalue weighted by molar-refractivity contribution is -0.926. The minimum absolute atomic E-state index is 0. The molecule has 168 valence electrons. The number of likely N-dealkylation sites (N-methyl/N-ethyl adjacent to an activating group) is 1. The normalized spacial score (nSPS) is 23.5. The summed E-state index contributed by atoms with van der Waals surface area (Å²) < 4.78 is 6.76. The average Bonchev–Trinajstić information content (AvgIpc) is 2.85. The van der Waals surface area contributed by atoms with Crippen molar-refractivity contribution in [3.63, 3.8) is 0 Å². The van der Waals surface area contributed by atoms with Crippen LogP contribution in [-0.2, 0) is 15.1 Å². The zero-order chi connectivity index (χ0) is 20.8. The molecule has 0 aliphatic carbocycles. The molecule has 2 aliphatic rings. The van der Waals surface area contributed by atoms with Crippen LogP contribution in [0.3, 0.4) is 0 Å². The number of carbonyl (C=O) groups is 1. The van der Waals surface area contributed by atoms with Gasteiger partial charge in [0, 0.05) is 34.0 Å². The third-order valence-electron chi connectivity index (χ3n) is 6.37. The van der Waals surface area contributed by atoms with Gasteiger partial charge in [0.2, 0.25) is 5.60 Å². The number of hydrogen-bond acceptors (Lipinski definition) is 3. The van der Waals surface area contributed by atoms with Crippen LogP contribution in [0.4, 0.5) is 0 Å². The topological polar surface area (TPSA) is 46.5 Å². The van der Waals surface area contributed by atoms with E-state index >= 15 is 0 Å². The van der Waals surface area contributed by atoms with E-state index < -0.39 is 11.6 Å². The zero-order valence-corrected chi connectivity index (χ0v) is 19.9. The first-order valence-electron chi connectivity index (χ1n) is 9.69. The Bertz CT molecular complexity index is 915. The van der Waals surface area contributed by atoms with Crippen molar-refractivity contribution in [3.05, 3.63) is 81.9 Å². The van der Waals surface area contributed by atoms with Crippen LogP contribution >= 0.6 is 23.2 Å². The largest absolute Gasteiger partial charge is 1.00 e. The van der Waals surface area contributed by atoms with Gasteiger partial charge in [-0.15, -0.1) is 0 Å². The van der Waals surface area contributed by atoms with Crippen LogP contribution in [0.25, 0.3) is 0 Å². The van der Waals surface area contributed by atoms with Crippen LogP contribution in [0.5, 0.6) is 0 Å². The fourth-order valence-corrected chi connectivity index (χ4v) is 5.03. The second kappa shape index (κ2) is 9.63. The molecule has 0 spiro atoms. The molecule has 31 heavy (non-hydrogen) atoms. The van der Waals surface area contributed by atoms with E-state index in [1.807, 2.05) is 0 Å². The van der Waals surface area contributed by atoms with Crippen molar-refractivity contribution in [1.82, 2.24) is 0 Å². The van der Waals surface area contributed by atoms with Gasteiger partial charge in [-0.2, -0.15) is 0 Å². The predicted molar refractivity (Wildman–Crippen MR) is 121 cm³/mol. The Balaban J connectivity index is 0.00000171. The van der Waals surface area contributed by atoms with Gasteiger partial charge in [-0.25, -0.2) is 4.79 Å². The van der Waals surface area contributed by atoms with E-state index in [1.54, 1.807) is 48.5 Å². The number of esters is 1. The van der Waals surface area contributed by atoms with Crippen LogP contribution < -0.4 is 17.0 Å². The molecule has 2 aromatic rings. The number of piperidine rings is 1. The maximum atomic E-state index is 13.4. The number of fused-ring (bicyclic) bond motifs is 2. The lowest BCUT2D eigenvalue weighted by Gasteiger charge is -2.44. The number of nitrogens with zero attached hydrogens (tertiary/aromatic N) is 1. The van der Waals surface area contributed by atoms with Crippen LogP contribution in [0.2, 0.25) is 10.0 Å². The first-order chi connectivity index (χ1) is 13.7. The van der Waals surface area contributed by atoms with E-state index in [0.29, 0.717) is 24.9 Å². The molecule has 0 amide bonds. The molecular weight excluding hydrogens is 501 g/mol. The SMILES string of the molecule is C.C[N+]1(C)C2C=C[C@@H]1CC(OC(=O)C(O)(c1ccccc1Cl)c1ccccc1Cl)C2.[Br-]. The van der Waals surface area contributed by atoms with Gasteiger partial charge in [0.1, 0.15) is 18.2 Å². The van der Waals surface area contributed by atoms with Crippen molar-refractivity contribution in [2.24, 2.45) is 0 Å². The number of hydrogen-bond donors (Lipinski definition) is 1. The maximum Gasteiger partial charge on any atom is 0.348 e. The van der Waals surface area contributed by atoms with Crippen molar-refractivity contribution >= 4 is 29.2 Å². The Kier molecular flexibility index (Phi) is 8.05. The van der Waals surface area contributed by atoms with Gasteiger partial charge in [0.05, 0.1) is 14.1 Å². The van der Waals surface area contributed by atoms with Crippen molar-refractivity contribution in [2.45, 2.75) is 44.1 Å². The van der Waals surface area contributed by atoms with Gasteiger partial charge >= 0.3 is 5.97 Å². The van der Waals surface area contributed by atoms with Gasteiger partial charge in [-0.1, -0.05) is 67.0 Å². The van der Waals surface area contributed by atoms with Crippen molar-refractivity contribution in [3.8, 4) is 0 Å². The highest BCUT2D eigenvalue weighted by Gasteiger charge is 2.50. The summed E-state index contributed by atoms with van der Waals surface area (Å²) in [6.07, 6.45) is 5.55. The standard InChI is InChI=1S/C23H24Cl2NO3.CH4.BrH/c1-26(2)15-11-12-16(26)14-17(13-15)29-22(27)23(28,18-7-3-5-9-20(18)24)19-8-4-6-10-21(19)25;;/h3-12,15-17,28H,13-14H2,1-2H3;1H4;1H/q+1;;/p-1/t15-,16?,17?;;/m1../s1. The number of carbonyl (C=O) groups excluding carboxylic acids is 1. The number of benzene rings is 2. The Morgan fingerprint density at radius 1 is 0.968 bits per heavy atom. The summed E-state index contributed by atoms with van der Waals surface area (Å²) in [7, 11) is 4.38. The molecule has 2 aromatic carbocycles. The second-order valence-electron chi connectivity index (χ2n) is 8.32. The van der Waals surface area contributed by atoms with Crippen LogP contribution in [-0.4, -0.2) is 47.8 Å². The minimum Gasteiger partial charge on any atom is -1.00 e. The summed E-state index contributed by atoms with van der Waals surface area (Å²) in [5.41, 5.74) is -1.58. The summed E-state index contributed by atoms with van der Waals surface area (Å²) in [5, 5.41) is 12.2. The zero-order valence-electron chi connectivity index (χ0n) is 16.8. The van der Waals surface area contributed by atoms with E-state index in [4.69, 9.17) is 27.9 Å². The molecule has 0 radical (unpaired) electrons. The Labute approximate surface area is 204 Å². The first kappa shape index (κ1) is 25.9. The highest BCUT2D eigenvalue weighted by Crippen LogP contribution is 2.41. The van der Waals surface area contributed by atoms with Gasteiger partial charge in [0.15, 0.2) is 0 Å². The number of aliphatic hydroxyl groups is 1. The average molecular weight is 529 g/mol. The van der Waals surface area contributed by atoms with Crippen LogP contribution in [0.15, 0.2) is 60.7 Å². The van der Waals surface area contributed by atoms with Gasteiger partial charge in [-0.3, -0.25) is 0 Å². The highest BCUT2D eigenvalue weighted by molar-refractivity contribution is 6.33. The smallest absolute Gasteiger partial charge is 0.348 e. The number of quaternary nitrogens is 1. The molecule has 1 N–H and O–H groups in total. The molecule has 2 aliphatic heterocycles. The molecule has 2 unspecified atom stereocenters. The summed E-state index contributed by atoms with van der Waals surface area (Å²) in [6, 6.07) is 14.0.